The Labute approximate surface area is 116 Å². The number of anilines is 1. The van der Waals surface area contributed by atoms with Gasteiger partial charge in [0.1, 0.15) is 11.6 Å². The first-order chi connectivity index (χ1) is 9.56. The lowest BCUT2D eigenvalue weighted by Crippen LogP contribution is -1.97. The Morgan fingerprint density at radius 1 is 1.20 bits per heavy atom. The number of ketones is 1. The number of carbonyl (C=O) groups is 1. The van der Waals surface area contributed by atoms with Crippen LogP contribution in [0.5, 0.6) is 5.75 Å². The quantitative estimate of drug-likeness (QED) is 0.507. The molecule has 2 rings (SSSR count). The minimum absolute atomic E-state index is 0.194. The largest absolute Gasteiger partial charge is 0.508 e. The van der Waals surface area contributed by atoms with Crippen molar-refractivity contribution in [3.63, 3.8) is 0 Å². The summed E-state index contributed by atoms with van der Waals surface area (Å²) >= 11 is 0. The molecule has 2 aromatic rings. The molecule has 0 aromatic heterocycles. The number of phenols is 1. The van der Waals surface area contributed by atoms with Crippen molar-refractivity contribution in [1.29, 1.82) is 0 Å². The lowest BCUT2D eigenvalue weighted by atomic mass is 10.1. The second-order valence-corrected chi connectivity index (χ2v) is 4.35. The van der Waals surface area contributed by atoms with E-state index >= 15 is 0 Å². The van der Waals surface area contributed by atoms with E-state index in [4.69, 9.17) is 0 Å². The fraction of sp³-hybridized carbons (Fsp3) is 0.0625. The molecule has 4 heteroatoms. The molecule has 0 atom stereocenters. The van der Waals surface area contributed by atoms with Gasteiger partial charge in [-0.1, -0.05) is 0 Å². The minimum Gasteiger partial charge on any atom is -0.508 e. The highest BCUT2D eigenvalue weighted by Gasteiger charge is 2.01. The molecule has 0 saturated carbocycles. The van der Waals surface area contributed by atoms with Gasteiger partial charge in [-0.05, 0) is 55.0 Å². The number of allylic oxidation sites excluding steroid dienone is 1. The van der Waals surface area contributed by atoms with Gasteiger partial charge in [0.2, 0.25) is 0 Å². The van der Waals surface area contributed by atoms with Crippen LogP contribution in [0.1, 0.15) is 15.9 Å². The number of carbonyl (C=O) groups excluding carboxylic acids is 1. The highest BCUT2D eigenvalue weighted by atomic mass is 19.1. The van der Waals surface area contributed by atoms with Crippen LogP contribution in [0.2, 0.25) is 0 Å². The van der Waals surface area contributed by atoms with Gasteiger partial charge in [-0.15, -0.1) is 0 Å². The minimum atomic E-state index is -0.372. The van der Waals surface area contributed by atoms with Crippen molar-refractivity contribution in [2.45, 2.75) is 6.92 Å². The molecule has 0 aliphatic heterocycles. The molecule has 0 bridgehead atoms. The first-order valence-electron chi connectivity index (χ1n) is 6.09. The second kappa shape index (κ2) is 6.02. The zero-order valence-corrected chi connectivity index (χ0v) is 10.9. The molecule has 20 heavy (non-hydrogen) atoms. The summed E-state index contributed by atoms with van der Waals surface area (Å²) in [6.45, 7) is 1.84. The van der Waals surface area contributed by atoms with Crippen molar-refractivity contribution in [2.75, 3.05) is 5.32 Å². The van der Waals surface area contributed by atoms with Crippen LogP contribution in [0.25, 0.3) is 0 Å². The Morgan fingerprint density at radius 2 is 1.90 bits per heavy atom. The van der Waals surface area contributed by atoms with E-state index in [1.807, 2.05) is 6.92 Å². The number of nitrogens with one attached hydrogen (secondary N) is 1. The van der Waals surface area contributed by atoms with Crippen LogP contribution < -0.4 is 5.32 Å². The topological polar surface area (TPSA) is 49.3 Å². The third-order valence-corrected chi connectivity index (χ3v) is 2.81. The van der Waals surface area contributed by atoms with Crippen molar-refractivity contribution in [2.24, 2.45) is 0 Å². The fourth-order valence-corrected chi connectivity index (χ4v) is 1.73. The summed E-state index contributed by atoms with van der Waals surface area (Å²) in [5, 5.41) is 12.3. The van der Waals surface area contributed by atoms with Gasteiger partial charge in [-0.2, -0.15) is 0 Å². The Kier molecular flexibility index (Phi) is 4.15. The number of aromatic hydroxyl groups is 1. The van der Waals surface area contributed by atoms with E-state index in [9.17, 15) is 14.3 Å². The maximum Gasteiger partial charge on any atom is 0.187 e. The van der Waals surface area contributed by atoms with Crippen LogP contribution in [0.15, 0.2) is 54.7 Å². The lowest BCUT2D eigenvalue weighted by Gasteiger charge is -2.05. The average molecular weight is 271 g/mol. The van der Waals surface area contributed by atoms with Gasteiger partial charge in [0, 0.05) is 23.5 Å². The summed E-state index contributed by atoms with van der Waals surface area (Å²) in [7, 11) is 0. The summed E-state index contributed by atoms with van der Waals surface area (Å²) < 4.78 is 12.7. The number of rotatable bonds is 4. The van der Waals surface area contributed by atoms with Crippen molar-refractivity contribution >= 4 is 11.5 Å². The molecule has 0 fully saturated rings. The standard InChI is InChI=1S/C16H14FNO2/c1-11-10-14(19)6-7-15(11)18-9-8-16(20)12-2-4-13(17)5-3-12/h2-10,18-19H,1H3/b9-8+. The van der Waals surface area contributed by atoms with E-state index < -0.39 is 0 Å². The molecule has 0 radical (unpaired) electrons. The van der Waals surface area contributed by atoms with Gasteiger partial charge < -0.3 is 10.4 Å². The van der Waals surface area contributed by atoms with E-state index in [0.29, 0.717) is 5.56 Å². The SMILES string of the molecule is Cc1cc(O)ccc1N/C=C/C(=O)c1ccc(F)cc1. The fourth-order valence-electron chi connectivity index (χ4n) is 1.73. The number of hydrogen-bond donors (Lipinski definition) is 2. The van der Waals surface area contributed by atoms with Crippen LogP contribution >= 0.6 is 0 Å². The highest BCUT2D eigenvalue weighted by molar-refractivity contribution is 6.04. The molecule has 0 saturated heterocycles. The zero-order chi connectivity index (χ0) is 14.5. The van der Waals surface area contributed by atoms with Crippen LogP contribution in [0.3, 0.4) is 0 Å². The highest BCUT2D eigenvalue weighted by Crippen LogP contribution is 2.19. The molecule has 2 N–H and O–H groups in total. The number of phenolic OH excluding ortho intramolecular Hbond substituents is 1. The van der Waals surface area contributed by atoms with Crippen LogP contribution in [-0.2, 0) is 0 Å². The van der Waals surface area contributed by atoms with Gasteiger partial charge in [0.15, 0.2) is 5.78 Å². The van der Waals surface area contributed by atoms with Crippen LogP contribution in [0, 0.1) is 12.7 Å². The summed E-state index contributed by atoms with van der Waals surface area (Å²) in [6, 6.07) is 10.3. The third kappa shape index (κ3) is 3.45. The summed E-state index contributed by atoms with van der Waals surface area (Å²) in [4.78, 5) is 11.8. The van der Waals surface area contributed by atoms with E-state index in [1.54, 1.807) is 18.2 Å². The first-order valence-corrected chi connectivity index (χ1v) is 6.09. The number of benzene rings is 2. The Bertz CT molecular complexity index is 648. The van der Waals surface area contributed by atoms with E-state index in [2.05, 4.69) is 5.32 Å². The molecular weight excluding hydrogens is 257 g/mol. The molecule has 102 valence electrons. The summed E-state index contributed by atoms with van der Waals surface area (Å²) in [5.41, 5.74) is 2.08. The molecule has 0 spiro atoms. The summed E-state index contributed by atoms with van der Waals surface area (Å²) in [5.74, 6) is -0.392. The molecule has 0 aliphatic rings. The van der Waals surface area contributed by atoms with Gasteiger partial charge in [0.25, 0.3) is 0 Å². The van der Waals surface area contributed by atoms with Crippen molar-refractivity contribution < 1.29 is 14.3 Å². The number of aryl methyl sites for hydroxylation is 1. The third-order valence-electron chi connectivity index (χ3n) is 2.81. The molecule has 3 nitrogen and oxygen atoms in total. The normalized spacial score (nSPS) is 10.7. The molecule has 0 heterocycles. The Morgan fingerprint density at radius 3 is 2.55 bits per heavy atom. The first kappa shape index (κ1) is 13.8. The molecule has 0 amide bonds. The predicted octanol–water partition coefficient (Wildman–Crippen LogP) is 3.65. The Hall–Kier alpha value is -2.62. The van der Waals surface area contributed by atoms with Crippen LogP contribution in [0.4, 0.5) is 10.1 Å². The van der Waals surface area contributed by atoms with Gasteiger partial charge >= 0.3 is 0 Å². The van der Waals surface area contributed by atoms with Gasteiger partial charge in [-0.3, -0.25) is 4.79 Å². The lowest BCUT2D eigenvalue weighted by molar-refractivity contribution is 0.104. The van der Waals surface area contributed by atoms with E-state index in [1.165, 1.54) is 36.5 Å². The Balaban J connectivity index is 2.02. The van der Waals surface area contributed by atoms with Crippen LogP contribution in [-0.4, -0.2) is 10.9 Å². The van der Waals surface area contributed by atoms with Crippen molar-refractivity contribution in [3.05, 3.63) is 71.7 Å². The zero-order valence-electron chi connectivity index (χ0n) is 10.9. The average Bonchev–Trinajstić information content (AvgIpc) is 2.42. The number of halogens is 1. The second-order valence-electron chi connectivity index (χ2n) is 4.35. The monoisotopic (exact) mass is 271 g/mol. The maximum atomic E-state index is 12.7. The van der Waals surface area contributed by atoms with Gasteiger partial charge in [0.05, 0.1) is 0 Å². The smallest absolute Gasteiger partial charge is 0.187 e. The number of hydrogen-bond acceptors (Lipinski definition) is 3. The van der Waals surface area contributed by atoms with E-state index in [0.717, 1.165) is 11.3 Å². The molecule has 2 aromatic carbocycles. The molecule has 0 unspecified atom stereocenters. The summed E-state index contributed by atoms with van der Waals surface area (Å²) in [6.07, 6.45) is 2.89. The molecule has 0 aliphatic carbocycles. The van der Waals surface area contributed by atoms with Crippen molar-refractivity contribution in [3.8, 4) is 5.75 Å². The maximum absolute atomic E-state index is 12.7. The predicted molar refractivity (Wildman–Crippen MR) is 76.3 cm³/mol. The molecular formula is C16H14FNO2. The van der Waals surface area contributed by atoms with E-state index in [-0.39, 0.29) is 17.3 Å². The van der Waals surface area contributed by atoms with Gasteiger partial charge in [-0.25, -0.2) is 4.39 Å². The van der Waals surface area contributed by atoms with Crippen molar-refractivity contribution in [1.82, 2.24) is 0 Å².